The highest BCUT2D eigenvalue weighted by atomic mass is 15.2. The number of fused-ring (bicyclic) bond motifs is 1. The number of piperidine rings is 1. The summed E-state index contributed by atoms with van der Waals surface area (Å²) in [5.74, 6) is 0.973. The van der Waals surface area contributed by atoms with Crippen molar-refractivity contribution >= 4 is 22.8 Å². The minimum atomic E-state index is 0.520. The fraction of sp³-hybridized carbons (Fsp3) is 0.565. The molecule has 2 saturated carbocycles. The van der Waals surface area contributed by atoms with Crippen molar-refractivity contribution in [2.75, 3.05) is 18.4 Å². The summed E-state index contributed by atoms with van der Waals surface area (Å²) in [5.41, 5.74) is 2.89. The van der Waals surface area contributed by atoms with E-state index in [2.05, 4.69) is 45.0 Å². The molecule has 1 aromatic carbocycles. The fourth-order valence-electron chi connectivity index (χ4n) is 5.14. The standard InChI is InChI=1S/C23H30N4/c1-2-17-3-8-21-20(15-17)22(25-16-24-21)26-18-4-6-19(7-5-18)27-13-11-23(9-10-23)12-14-27/h2-3,8,15-16,18-19H,1,4-7,9-14H2,(H,24,25,26)/t18-,19-. The van der Waals surface area contributed by atoms with E-state index in [0.717, 1.165) is 33.7 Å². The molecule has 4 heteroatoms. The van der Waals surface area contributed by atoms with Crippen molar-refractivity contribution < 1.29 is 0 Å². The molecule has 142 valence electrons. The molecule has 0 atom stereocenters. The minimum Gasteiger partial charge on any atom is -0.367 e. The Morgan fingerprint density at radius 1 is 1.04 bits per heavy atom. The smallest absolute Gasteiger partial charge is 0.137 e. The highest BCUT2D eigenvalue weighted by molar-refractivity contribution is 5.90. The van der Waals surface area contributed by atoms with Crippen molar-refractivity contribution in [1.29, 1.82) is 0 Å². The Hall–Kier alpha value is -1.94. The van der Waals surface area contributed by atoms with Gasteiger partial charge in [0.15, 0.2) is 0 Å². The van der Waals surface area contributed by atoms with E-state index in [1.165, 1.54) is 64.5 Å². The Morgan fingerprint density at radius 3 is 2.52 bits per heavy atom. The van der Waals surface area contributed by atoms with Crippen LogP contribution in [0.25, 0.3) is 17.0 Å². The van der Waals surface area contributed by atoms with Crippen LogP contribution in [0.3, 0.4) is 0 Å². The van der Waals surface area contributed by atoms with Gasteiger partial charge in [0.25, 0.3) is 0 Å². The third kappa shape index (κ3) is 3.47. The number of nitrogens with one attached hydrogen (secondary N) is 1. The van der Waals surface area contributed by atoms with Gasteiger partial charge in [-0.25, -0.2) is 9.97 Å². The van der Waals surface area contributed by atoms with Crippen LogP contribution in [-0.2, 0) is 0 Å². The number of hydrogen-bond donors (Lipinski definition) is 1. The molecule has 1 aromatic heterocycles. The summed E-state index contributed by atoms with van der Waals surface area (Å²) in [7, 11) is 0. The Balaban J connectivity index is 1.22. The number of hydrogen-bond acceptors (Lipinski definition) is 4. The van der Waals surface area contributed by atoms with E-state index in [0.29, 0.717) is 6.04 Å². The van der Waals surface area contributed by atoms with Gasteiger partial charge in [-0.1, -0.05) is 18.7 Å². The molecule has 4 nitrogen and oxygen atoms in total. The molecular weight excluding hydrogens is 332 g/mol. The molecule has 1 aliphatic heterocycles. The first kappa shape index (κ1) is 17.2. The van der Waals surface area contributed by atoms with Crippen LogP contribution in [0.2, 0.25) is 0 Å². The predicted molar refractivity (Wildman–Crippen MR) is 112 cm³/mol. The van der Waals surface area contributed by atoms with Gasteiger partial charge < -0.3 is 10.2 Å². The highest BCUT2D eigenvalue weighted by Gasteiger charge is 2.45. The van der Waals surface area contributed by atoms with Gasteiger partial charge in [0.1, 0.15) is 12.1 Å². The van der Waals surface area contributed by atoms with Crippen LogP contribution in [0.5, 0.6) is 0 Å². The number of rotatable bonds is 4. The molecule has 5 rings (SSSR count). The quantitative estimate of drug-likeness (QED) is 0.842. The Morgan fingerprint density at radius 2 is 1.81 bits per heavy atom. The van der Waals surface area contributed by atoms with Crippen LogP contribution in [0.4, 0.5) is 5.82 Å². The third-order valence-electron chi connectivity index (χ3n) is 7.26. The van der Waals surface area contributed by atoms with E-state index in [4.69, 9.17) is 0 Å². The lowest BCUT2D eigenvalue weighted by molar-refractivity contribution is 0.0975. The van der Waals surface area contributed by atoms with E-state index in [1.807, 2.05) is 6.08 Å². The van der Waals surface area contributed by atoms with E-state index in [1.54, 1.807) is 6.33 Å². The van der Waals surface area contributed by atoms with Crippen LogP contribution in [-0.4, -0.2) is 40.0 Å². The second kappa shape index (κ2) is 6.90. The molecule has 2 aromatic rings. The van der Waals surface area contributed by atoms with Crippen molar-refractivity contribution in [1.82, 2.24) is 14.9 Å². The maximum absolute atomic E-state index is 4.54. The van der Waals surface area contributed by atoms with Gasteiger partial charge in [0.05, 0.1) is 5.52 Å². The van der Waals surface area contributed by atoms with Crippen molar-refractivity contribution in [3.05, 3.63) is 36.7 Å². The molecule has 0 bridgehead atoms. The summed E-state index contributed by atoms with van der Waals surface area (Å²) in [5, 5.41) is 4.82. The molecule has 2 aliphatic carbocycles. The zero-order valence-corrected chi connectivity index (χ0v) is 16.2. The molecule has 1 N–H and O–H groups in total. The number of aromatic nitrogens is 2. The van der Waals surface area contributed by atoms with E-state index in [-0.39, 0.29) is 0 Å². The first-order valence-electron chi connectivity index (χ1n) is 10.6. The Kier molecular flexibility index (Phi) is 4.39. The number of anilines is 1. The van der Waals surface area contributed by atoms with Crippen LogP contribution in [0, 0.1) is 5.41 Å². The van der Waals surface area contributed by atoms with Crippen molar-refractivity contribution in [2.24, 2.45) is 5.41 Å². The predicted octanol–water partition coefficient (Wildman–Crippen LogP) is 4.87. The molecule has 0 amide bonds. The molecule has 0 radical (unpaired) electrons. The second-order valence-corrected chi connectivity index (χ2v) is 8.89. The number of benzene rings is 1. The first-order valence-corrected chi connectivity index (χ1v) is 10.6. The van der Waals surface area contributed by atoms with Crippen LogP contribution < -0.4 is 5.32 Å². The van der Waals surface area contributed by atoms with Gasteiger partial charge in [-0.15, -0.1) is 0 Å². The fourth-order valence-corrected chi connectivity index (χ4v) is 5.14. The Bertz CT molecular complexity index is 823. The Labute approximate surface area is 162 Å². The van der Waals surface area contributed by atoms with E-state index < -0.39 is 0 Å². The third-order valence-corrected chi connectivity index (χ3v) is 7.26. The minimum absolute atomic E-state index is 0.520. The van der Waals surface area contributed by atoms with Crippen molar-refractivity contribution in [3.8, 4) is 0 Å². The lowest BCUT2D eigenvalue weighted by atomic mass is 9.86. The molecule has 1 spiro atoms. The van der Waals surface area contributed by atoms with Gasteiger partial charge in [-0.3, -0.25) is 0 Å². The summed E-state index contributed by atoms with van der Waals surface area (Å²) in [6.07, 6.45) is 14.5. The lowest BCUT2D eigenvalue weighted by Crippen LogP contribution is -2.45. The summed E-state index contributed by atoms with van der Waals surface area (Å²) < 4.78 is 0. The normalized spacial score (nSPS) is 27.6. The van der Waals surface area contributed by atoms with Gasteiger partial charge in [-0.05, 0) is 87.6 Å². The van der Waals surface area contributed by atoms with E-state index in [9.17, 15) is 0 Å². The monoisotopic (exact) mass is 362 g/mol. The van der Waals surface area contributed by atoms with Crippen LogP contribution in [0.1, 0.15) is 56.9 Å². The maximum atomic E-state index is 4.54. The van der Waals surface area contributed by atoms with Gasteiger partial charge in [0.2, 0.25) is 0 Å². The number of nitrogens with zero attached hydrogens (tertiary/aromatic N) is 3. The molecule has 3 fully saturated rings. The van der Waals surface area contributed by atoms with E-state index >= 15 is 0 Å². The second-order valence-electron chi connectivity index (χ2n) is 8.89. The molecule has 1 saturated heterocycles. The van der Waals surface area contributed by atoms with Gasteiger partial charge in [0, 0.05) is 17.5 Å². The van der Waals surface area contributed by atoms with Gasteiger partial charge >= 0.3 is 0 Å². The molecular formula is C23H30N4. The van der Waals surface area contributed by atoms with Crippen LogP contribution in [0.15, 0.2) is 31.1 Å². The topological polar surface area (TPSA) is 41.1 Å². The lowest BCUT2D eigenvalue weighted by Gasteiger charge is -2.41. The highest BCUT2D eigenvalue weighted by Crippen LogP contribution is 2.54. The van der Waals surface area contributed by atoms with Crippen LogP contribution >= 0.6 is 0 Å². The molecule has 27 heavy (non-hydrogen) atoms. The molecule has 2 heterocycles. The molecule has 3 aliphatic rings. The number of likely N-dealkylation sites (tertiary alicyclic amines) is 1. The van der Waals surface area contributed by atoms with Crippen molar-refractivity contribution in [2.45, 2.75) is 63.5 Å². The SMILES string of the molecule is C=Cc1ccc2ncnc(N[C@H]3CC[C@H](N4CCC5(CC4)CC5)CC3)c2c1. The summed E-state index contributed by atoms with van der Waals surface area (Å²) in [6, 6.07) is 7.57. The van der Waals surface area contributed by atoms with Crippen molar-refractivity contribution in [3.63, 3.8) is 0 Å². The maximum Gasteiger partial charge on any atom is 0.137 e. The molecule has 0 unspecified atom stereocenters. The zero-order valence-electron chi connectivity index (χ0n) is 16.2. The summed E-state index contributed by atoms with van der Waals surface area (Å²) in [6.45, 7) is 6.56. The zero-order chi connectivity index (χ0) is 18.3. The average Bonchev–Trinajstić information content (AvgIpc) is 3.48. The largest absolute Gasteiger partial charge is 0.367 e. The van der Waals surface area contributed by atoms with Gasteiger partial charge in [-0.2, -0.15) is 0 Å². The average molecular weight is 363 g/mol. The summed E-state index contributed by atoms with van der Waals surface area (Å²) in [4.78, 5) is 11.7. The first-order chi connectivity index (χ1) is 13.2. The summed E-state index contributed by atoms with van der Waals surface area (Å²) >= 11 is 0.